The van der Waals surface area contributed by atoms with Crippen LogP contribution in [0.1, 0.15) is 10.4 Å². The number of pyridine rings is 2. The summed E-state index contributed by atoms with van der Waals surface area (Å²) in [6.07, 6.45) is 5.09. The van der Waals surface area contributed by atoms with Gasteiger partial charge in [-0.1, -0.05) is 0 Å². The zero-order valence-electron chi connectivity index (χ0n) is 15.5. The maximum absolute atomic E-state index is 12.7. The molecule has 142 valence electrons. The molecule has 0 unspecified atom stereocenters. The molecule has 8 nitrogen and oxygen atoms in total. The Morgan fingerprint density at radius 2 is 1.71 bits per heavy atom. The average Bonchev–Trinajstić information content (AvgIpc) is 2.76. The van der Waals surface area contributed by atoms with E-state index in [1.165, 1.54) is 4.57 Å². The number of aromatic nitrogens is 4. The number of piperazine rings is 1. The minimum absolute atomic E-state index is 0.208. The van der Waals surface area contributed by atoms with Gasteiger partial charge in [0.05, 0.1) is 5.69 Å². The number of carbonyl (C=O) groups is 1. The van der Waals surface area contributed by atoms with Gasteiger partial charge in [-0.3, -0.25) is 14.6 Å². The van der Waals surface area contributed by atoms with Gasteiger partial charge in [0.15, 0.2) is 5.82 Å². The molecule has 1 saturated heterocycles. The first kappa shape index (κ1) is 17.8. The van der Waals surface area contributed by atoms with Crippen LogP contribution in [0.15, 0.2) is 59.8 Å². The number of amides is 1. The van der Waals surface area contributed by atoms with Gasteiger partial charge in [-0.15, -0.1) is 10.2 Å². The lowest BCUT2D eigenvalue weighted by Crippen LogP contribution is -2.50. The molecule has 28 heavy (non-hydrogen) atoms. The van der Waals surface area contributed by atoms with Crippen LogP contribution in [0.4, 0.5) is 5.82 Å². The number of nitrogens with zero attached hydrogens (tertiary/aromatic N) is 6. The highest BCUT2D eigenvalue weighted by Gasteiger charge is 2.24. The molecule has 0 aliphatic carbocycles. The topological polar surface area (TPSA) is 84.2 Å². The highest BCUT2D eigenvalue weighted by molar-refractivity contribution is 5.94. The van der Waals surface area contributed by atoms with Crippen molar-refractivity contribution in [3.05, 3.63) is 70.9 Å². The fourth-order valence-corrected chi connectivity index (χ4v) is 3.24. The van der Waals surface area contributed by atoms with Gasteiger partial charge in [0.25, 0.3) is 11.5 Å². The smallest absolute Gasteiger partial charge is 0.263 e. The van der Waals surface area contributed by atoms with Crippen LogP contribution in [0.2, 0.25) is 0 Å². The molecule has 1 aliphatic rings. The first-order valence-corrected chi connectivity index (χ1v) is 9.07. The van der Waals surface area contributed by atoms with E-state index in [0.717, 1.165) is 17.1 Å². The molecule has 0 bridgehead atoms. The Balaban J connectivity index is 1.42. The van der Waals surface area contributed by atoms with E-state index < -0.39 is 0 Å². The Morgan fingerprint density at radius 1 is 0.964 bits per heavy atom. The molecule has 0 spiro atoms. The SMILES string of the molecule is Cn1cccc(C(=O)N2CCN(c3ccc(-c4ccncc4)nn3)CC2)c1=O. The van der Waals surface area contributed by atoms with E-state index >= 15 is 0 Å². The second-order valence-electron chi connectivity index (χ2n) is 6.63. The van der Waals surface area contributed by atoms with Crippen molar-refractivity contribution >= 4 is 11.7 Å². The molecule has 1 aliphatic heterocycles. The predicted octanol–water partition coefficient (Wildman–Crippen LogP) is 1.20. The third-order valence-corrected chi connectivity index (χ3v) is 4.87. The molecule has 0 radical (unpaired) electrons. The summed E-state index contributed by atoms with van der Waals surface area (Å²) in [5.41, 5.74) is 1.70. The van der Waals surface area contributed by atoms with Crippen LogP contribution in [0.25, 0.3) is 11.3 Å². The van der Waals surface area contributed by atoms with Gasteiger partial charge in [0.1, 0.15) is 5.56 Å². The molecule has 0 aromatic carbocycles. The lowest BCUT2D eigenvalue weighted by Gasteiger charge is -2.35. The van der Waals surface area contributed by atoms with Crippen molar-refractivity contribution in [2.75, 3.05) is 31.1 Å². The summed E-state index contributed by atoms with van der Waals surface area (Å²) >= 11 is 0. The van der Waals surface area contributed by atoms with Gasteiger partial charge in [-0.25, -0.2) is 0 Å². The van der Waals surface area contributed by atoms with E-state index in [9.17, 15) is 9.59 Å². The van der Waals surface area contributed by atoms with E-state index in [1.807, 2.05) is 24.3 Å². The number of hydrogen-bond acceptors (Lipinski definition) is 6. The van der Waals surface area contributed by atoms with E-state index in [-0.39, 0.29) is 17.0 Å². The van der Waals surface area contributed by atoms with Gasteiger partial charge in [0, 0.05) is 57.4 Å². The monoisotopic (exact) mass is 376 g/mol. The first-order chi connectivity index (χ1) is 13.6. The Labute approximate surface area is 162 Å². The first-order valence-electron chi connectivity index (χ1n) is 9.07. The van der Waals surface area contributed by atoms with Crippen molar-refractivity contribution in [2.24, 2.45) is 7.05 Å². The summed E-state index contributed by atoms with van der Waals surface area (Å²) < 4.78 is 1.42. The van der Waals surface area contributed by atoms with Crippen molar-refractivity contribution in [2.45, 2.75) is 0 Å². The predicted molar refractivity (Wildman–Crippen MR) is 105 cm³/mol. The fourth-order valence-electron chi connectivity index (χ4n) is 3.24. The minimum Gasteiger partial charge on any atom is -0.352 e. The molecule has 1 amide bonds. The Bertz CT molecular complexity index is 1020. The van der Waals surface area contributed by atoms with E-state index in [0.29, 0.717) is 26.2 Å². The number of anilines is 1. The van der Waals surface area contributed by atoms with Crippen molar-refractivity contribution < 1.29 is 4.79 Å². The highest BCUT2D eigenvalue weighted by atomic mass is 16.2. The molecule has 0 atom stereocenters. The van der Waals surface area contributed by atoms with Gasteiger partial charge in [-0.05, 0) is 36.4 Å². The second kappa shape index (κ2) is 7.59. The van der Waals surface area contributed by atoms with Crippen LogP contribution < -0.4 is 10.5 Å². The van der Waals surface area contributed by atoms with Crippen LogP contribution in [0.3, 0.4) is 0 Å². The number of carbonyl (C=O) groups excluding carboxylic acids is 1. The van der Waals surface area contributed by atoms with Gasteiger partial charge in [0.2, 0.25) is 0 Å². The fraction of sp³-hybridized carbons (Fsp3) is 0.250. The van der Waals surface area contributed by atoms with Crippen LogP contribution >= 0.6 is 0 Å². The van der Waals surface area contributed by atoms with Crippen LogP contribution in [-0.4, -0.2) is 56.7 Å². The zero-order chi connectivity index (χ0) is 19.5. The van der Waals surface area contributed by atoms with Gasteiger partial charge < -0.3 is 14.4 Å². The molecule has 0 saturated carbocycles. The number of hydrogen-bond donors (Lipinski definition) is 0. The molecule has 4 heterocycles. The summed E-state index contributed by atoms with van der Waals surface area (Å²) in [4.78, 5) is 32.7. The summed E-state index contributed by atoms with van der Waals surface area (Å²) in [7, 11) is 1.64. The lowest BCUT2D eigenvalue weighted by molar-refractivity contribution is 0.0744. The summed E-state index contributed by atoms with van der Waals surface area (Å²) in [6, 6.07) is 10.9. The minimum atomic E-state index is -0.271. The normalized spacial score (nSPS) is 14.2. The Kier molecular flexibility index (Phi) is 4.84. The zero-order valence-corrected chi connectivity index (χ0v) is 15.5. The maximum atomic E-state index is 12.7. The maximum Gasteiger partial charge on any atom is 0.263 e. The Morgan fingerprint density at radius 3 is 2.39 bits per heavy atom. The summed E-state index contributed by atoms with van der Waals surface area (Å²) in [5.74, 6) is 0.556. The third kappa shape index (κ3) is 3.48. The van der Waals surface area contributed by atoms with E-state index in [4.69, 9.17) is 0 Å². The van der Waals surface area contributed by atoms with E-state index in [2.05, 4.69) is 20.1 Å². The molecule has 4 rings (SSSR count). The van der Waals surface area contributed by atoms with Crippen LogP contribution in [-0.2, 0) is 7.05 Å². The summed E-state index contributed by atoms with van der Waals surface area (Å²) in [6.45, 7) is 2.35. The largest absolute Gasteiger partial charge is 0.352 e. The second-order valence-corrected chi connectivity index (χ2v) is 6.63. The molecule has 0 N–H and O–H groups in total. The number of aryl methyl sites for hydroxylation is 1. The van der Waals surface area contributed by atoms with Crippen molar-refractivity contribution in [1.29, 1.82) is 0 Å². The highest BCUT2D eigenvalue weighted by Crippen LogP contribution is 2.19. The molecule has 3 aromatic heterocycles. The lowest BCUT2D eigenvalue weighted by atomic mass is 10.2. The standard InChI is InChI=1S/C20H20N6O2/c1-24-10-2-3-16(19(24)27)20(28)26-13-11-25(12-14-26)18-5-4-17(22-23-18)15-6-8-21-9-7-15/h2-10H,11-14H2,1H3. The van der Waals surface area contributed by atoms with E-state index in [1.54, 1.807) is 42.7 Å². The molecule has 8 heteroatoms. The van der Waals surface area contributed by atoms with Crippen LogP contribution in [0.5, 0.6) is 0 Å². The van der Waals surface area contributed by atoms with Crippen molar-refractivity contribution in [3.8, 4) is 11.3 Å². The third-order valence-electron chi connectivity index (χ3n) is 4.87. The molecular formula is C20H20N6O2. The molecule has 1 fully saturated rings. The Hall–Kier alpha value is -3.55. The van der Waals surface area contributed by atoms with Crippen molar-refractivity contribution in [1.82, 2.24) is 24.6 Å². The van der Waals surface area contributed by atoms with Gasteiger partial charge >= 0.3 is 0 Å². The quantitative estimate of drug-likeness (QED) is 0.683. The number of rotatable bonds is 3. The summed E-state index contributed by atoms with van der Waals surface area (Å²) in [5, 5.41) is 8.63. The average molecular weight is 376 g/mol. The molecule has 3 aromatic rings. The van der Waals surface area contributed by atoms with Crippen molar-refractivity contribution in [3.63, 3.8) is 0 Å². The van der Waals surface area contributed by atoms with Gasteiger partial charge in [-0.2, -0.15) is 0 Å². The molecular weight excluding hydrogens is 356 g/mol. The van der Waals surface area contributed by atoms with Crippen LogP contribution in [0, 0.1) is 0 Å².